The minimum absolute atomic E-state index is 0. The second kappa shape index (κ2) is 9.81. The summed E-state index contributed by atoms with van der Waals surface area (Å²) in [6.07, 6.45) is 2.97. The molecule has 1 heterocycles. The third-order valence-electron chi connectivity index (χ3n) is 4.57. The first-order valence-corrected chi connectivity index (χ1v) is 8.91. The van der Waals surface area contributed by atoms with E-state index in [0.717, 1.165) is 50.0 Å². The highest BCUT2D eigenvalue weighted by Gasteiger charge is 2.20. The second-order valence-corrected chi connectivity index (χ2v) is 6.78. The highest BCUT2D eigenvalue weighted by molar-refractivity contribution is 6.28. The van der Waals surface area contributed by atoms with Gasteiger partial charge in [0.2, 0.25) is 0 Å². The van der Waals surface area contributed by atoms with Gasteiger partial charge in [0.15, 0.2) is 0 Å². The molecule has 1 aliphatic rings. The van der Waals surface area contributed by atoms with Crippen molar-refractivity contribution >= 4 is 36.0 Å². The number of likely N-dealkylation sites (tertiary alicyclic amines) is 1. The summed E-state index contributed by atoms with van der Waals surface area (Å²) >= 11 is 6.11. The van der Waals surface area contributed by atoms with Gasteiger partial charge in [-0.25, -0.2) is 0 Å². The molecule has 0 bridgehead atoms. The van der Waals surface area contributed by atoms with Gasteiger partial charge in [-0.05, 0) is 24.5 Å². The molecule has 0 aliphatic carbocycles. The predicted octanol–water partition coefficient (Wildman–Crippen LogP) is 4.66. The lowest BCUT2D eigenvalue weighted by molar-refractivity contribution is -0.107. The molecule has 5 heteroatoms. The fourth-order valence-electron chi connectivity index (χ4n) is 3.24. The summed E-state index contributed by atoms with van der Waals surface area (Å²) < 4.78 is 0. The Bertz CT molecular complexity index is 658. The lowest BCUT2D eigenvalue weighted by atomic mass is 10.0. The summed E-state index contributed by atoms with van der Waals surface area (Å²) in [7, 11) is 0. The monoisotopic (exact) mass is 378 g/mol. The van der Waals surface area contributed by atoms with E-state index >= 15 is 0 Å². The number of nitrogens with zero attached hydrogens (tertiary/aromatic N) is 1. The normalized spacial score (nSPS) is 16.7. The highest BCUT2D eigenvalue weighted by Crippen LogP contribution is 2.28. The van der Waals surface area contributed by atoms with Crippen molar-refractivity contribution in [3.63, 3.8) is 0 Å². The van der Waals surface area contributed by atoms with E-state index in [4.69, 9.17) is 11.6 Å². The summed E-state index contributed by atoms with van der Waals surface area (Å²) in [5.41, 5.74) is 3.21. The summed E-state index contributed by atoms with van der Waals surface area (Å²) in [5, 5.41) is 2.99. The molecule has 1 aliphatic heterocycles. The summed E-state index contributed by atoms with van der Waals surface area (Å²) in [6, 6.07) is 18.8. The molecule has 1 atom stereocenters. The number of para-hydroxylation sites is 1. The minimum Gasteiger partial charge on any atom is -0.382 e. The zero-order chi connectivity index (χ0) is 16.8. The molecule has 0 amide bonds. The number of benzene rings is 2. The molecule has 25 heavy (non-hydrogen) atoms. The van der Waals surface area contributed by atoms with Crippen LogP contribution in [0.3, 0.4) is 0 Å². The highest BCUT2D eigenvalue weighted by atomic mass is 35.5. The first kappa shape index (κ1) is 19.8. The van der Waals surface area contributed by atoms with Crippen LogP contribution in [0.4, 0.5) is 5.69 Å². The van der Waals surface area contributed by atoms with Gasteiger partial charge in [-0.15, -0.1) is 24.0 Å². The maximum atomic E-state index is 11.0. The Labute approximate surface area is 160 Å². The molecule has 1 N–H and O–H groups in total. The number of halogens is 2. The van der Waals surface area contributed by atoms with Gasteiger partial charge in [0.05, 0.1) is 0 Å². The average molecular weight is 379 g/mol. The molecule has 0 saturated carbocycles. The molecule has 1 saturated heterocycles. The lowest BCUT2D eigenvalue weighted by Crippen LogP contribution is -2.38. The van der Waals surface area contributed by atoms with Crippen LogP contribution in [-0.2, 0) is 11.3 Å². The number of alkyl halides is 1. The molecule has 3 nitrogen and oxygen atoms in total. The second-order valence-electron chi connectivity index (χ2n) is 6.31. The first-order chi connectivity index (χ1) is 11.8. The lowest BCUT2D eigenvalue weighted by Gasteiger charge is -2.33. The van der Waals surface area contributed by atoms with Crippen molar-refractivity contribution in [1.82, 2.24) is 4.90 Å². The zero-order valence-electron chi connectivity index (χ0n) is 14.1. The number of nitrogens with one attached hydrogen (secondary N) is 1. The standard InChI is InChI=1S/C20H23ClN2O.ClH/c21-19(15-24)18-8-4-5-9-20(18)22-17-10-12-23(13-11-17)14-16-6-2-1-3-7-16;/h1-9,15,17,19,22H,10-14H2;1H. The Morgan fingerprint density at radius 1 is 1.08 bits per heavy atom. The minimum atomic E-state index is -0.591. The van der Waals surface area contributed by atoms with E-state index in [1.807, 2.05) is 24.3 Å². The van der Waals surface area contributed by atoms with Crippen molar-refractivity contribution in [2.24, 2.45) is 0 Å². The Morgan fingerprint density at radius 2 is 1.72 bits per heavy atom. The molecule has 0 aromatic heterocycles. The number of carbonyl (C=O) groups is 1. The fraction of sp³-hybridized carbons (Fsp3) is 0.350. The molecule has 1 fully saturated rings. The number of hydrogen-bond donors (Lipinski definition) is 1. The molecule has 0 radical (unpaired) electrons. The van der Waals surface area contributed by atoms with E-state index in [1.54, 1.807) is 0 Å². The van der Waals surface area contributed by atoms with Gasteiger partial charge in [0.25, 0.3) is 0 Å². The van der Waals surface area contributed by atoms with Gasteiger partial charge in [0.1, 0.15) is 11.7 Å². The van der Waals surface area contributed by atoms with Crippen LogP contribution in [0.15, 0.2) is 54.6 Å². The SMILES string of the molecule is Cl.O=CC(Cl)c1ccccc1NC1CCN(Cc2ccccc2)CC1. The molecule has 1 unspecified atom stereocenters. The van der Waals surface area contributed by atoms with Crippen molar-refractivity contribution in [3.8, 4) is 0 Å². The van der Waals surface area contributed by atoms with Crippen molar-refractivity contribution in [2.45, 2.75) is 30.8 Å². The van der Waals surface area contributed by atoms with E-state index in [9.17, 15) is 4.79 Å². The summed E-state index contributed by atoms with van der Waals surface area (Å²) in [5.74, 6) is 0. The maximum absolute atomic E-state index is 11.0. The number of hydrogen-bond acceptors (Lipinski definition) is 3. The van der Waals surface area contributed by atoms with Gasteiger partial charge in [0, 0.05) is 36.9 Å². The maximum Gasteiger partial charge on any atom is 0.142 e. The van der Waals surface area contributed by atoms with Gasteiger partial charge in [-0.1, -0.05) is 48.5 Å². The topological polar surface area (TPSA) is 32.3 Å². The number of aldehydes is 1. The van der Waals surface area contributed by atoms with E-state index < -0.39 is 5.38 Å². The van der Waals surface area contributed by atoms with Crippen LogP contribution in [-0.4, -0.2) is 30.3 Å². The number of rotatable bonds is 6. The molecule has 0 spiro atoms. The Kier molecular flexibility index (Phi) is 7.76. The van der Waals surface area contributed by atoms with Gasteiger partial charge in [-0.3, -0.25) is 4.90 Å². The van der Waals surface area contributed by atoms with Crippen molar-refractivity contribution < 1.29 is 4.79 Å². The summed E-state index contributed by atoms with van der Waals surface area (Å²) in [4.78, 5) is 13.5. The van der Waals surface area contributed by atoms with E-state index in [-0.39, 0.29) is 12.4 Å². The van der Waals surface area contributed by atoms with Gasteiger partial charge in [-0.2, -0.15) is 0 Å². The van der Waals surface area contributed by atoms with Crippen molar-refractivity contribution in [1.29, 1.82) is 0 Å². The van der Waals surface area contributed by atoms with E-state index in [0.29, 0.717) is 6.04 Å². The Balaban J connectivity index is 0.00000225. The van der Waals surface area contributed by atoms with E-state index in [1.165, 1.54) is 5.56 Å². The van der Waals surface area contributed by atoms with Gasteiger partial charge < -0.3 is 10.1 Å². The van der Waals surface area contributed by atoms with Crippen molar-refractivity contribution in [2.75, 3.05) is 18.4 Å². The van der Waals surface area contributed by atoms with Crippen LogP contribution in [0.2, 0.25) is 0 Å². The molecule has 134 valence electrons. The zero-order valence-corrected chi connectivity index (χ0v) is 15.7. The first-order valence-electron chi connectivity index (χ1n) is 8.47. The largest absolute Gasteiger partial charge is 0.382 e. The molecule has 2 aromatic carbocycles. The predicted molar refractivity (Wildman–Crippen MR) is 107 cm³/mol. The molecular weight excluding hydrogens is 355 g/mol. The molecule has 2 aromatic rings. The van der Waals surface area contributed by atoms with Crippen LogP contribution in [0, 0.1) is 0 Å². The number of piperidine rings is 1. The fourth-order valence-corrected chi connectivity index (χ4v) is 3.43. The van der Waals surface area contributed by atoms with Gasteiger partial charge >= 0.3 is 0 Å². The molecule has 3 rings (SSSR count). The van der Waals surface area contributed by atoms with Crippen LogP contribution >= 0.6 is 24.0 Å². The van der Waals surface area contributed by atoms with E-state index in [2.05, 4.69) is 40.5 Å². The quantitative estimate of drug-likeness (QED) is 0.585. The van der Waals surface area contributed by atoms with Crippen LogP contribution in [0.1, 0.15) is 29.3 Å². The smallest absolute Gasteiger partial charge is 0.142 e. The van der Waals surface area contributed by atoms with Crippen molar-refractivity contribution in [3.05, 3.63) is 65.7 Å². The Morgan fingerprint density at radius 3 is 2.40 bits per heavy atom. The van der Waals surface area contributed by atoms with Crippen LogP contribution in [0.25, 0.3) is 0 Å². The average Bonchev–Trinajstić information content (AvgIpc) is 2.64. The third-order valence-corrected chi connectivity index (χ3v) is 4.91. The summed E-state index contributed by atoms with van der Waals surface area (Å²) in [6.45, 7) is 3.17. The third kappa shape index (κ3) is 5.46. The molecular formula is C20H24Cl2N2O. The number of anilines is 1. The number of carbonyl (C=O) groups excluding carboxylic acids is 1. The van der Waals surface area contributed by atoms with Crippen LogP contribution < -0.4 is 5.32 Å². The Hall–Kier alpha value is -1.55. The van der Waals surface area contributed by atoms with Crippen LogP contribution in [0.5, 0.6) is 0 Å².